The second kappa shape index (κ2) is 6.66. The molecule has 4 heteroatoms. The normalized spacial score (nSPS) is 18.1. The topological polar surface area (TPSA) is 59.7 Å². The highest BCUT2D eigenvalue weighted by Crippen LogP contribution is 2.44. The van der Waals surface area contributed by atoms with Crippen molar-refractivity contribution in [3.63, 3.8) is 0 Å². The largest absolute Gasteiger partial charge is 0.394 e. The Kier molecular flexibility index (Phi) is 5.48. The standard InChI is InChI=1S/C15H25N3O/c1-5-8-13(12(4)16)14(17-6-2)18(7-3)15(11-19)9-10-15/h6-7,16,19H,3,5,8-11H2,1-2,4H3/b14-13+,16-12?,17-6?. The van der Waals surface area contributed by atoms with Crippen molar-refractivity contribution < 1.29 is 5.11 Å². The molecule has 4 nitrogen and oxygen atoms in total. The van der Waals surface area contributed by atoms with E-state index in [1.165, 1.54) is 0 Å². The molecule has 0 bridgehead atoms. The van der Waals surface area contributed by atoms with Gasteiger partial charge in [-0.25, -0.2) is 4.99 Å². The van der Waals surface area contributed by atoms with Crippen LogP contribution < -0.4 is 0 Å². The summed E-state index contributed by atoms with van der Waals surface area (Å²) in [5, 5.41) is 17.6. The van der Waals surface area contributed by atoms with E-state index in [0.29, 0.717) is 5.71 Å². The van der Waals surface area contributed by atoms with Gasteiger partial charge in [0.1, 0.15) is 5.82 Å². The minimum Gasteiger partial charge on any atom is -0.394 e. The summed E-state index contributed by atoms with van der Waals surface area (Å²) in [4.78, 5) is 6.40. The van der Waals surface area contributed by atoms with Crippen molar-refractivity contribution in [3.05, 3.63) is 24.2 Å². The van der Waals surface area contributed by atoms with Crippen LogP contribution in [0.1, 0.15) is 46.5 Å². The lowest BCUT2D eigenvalue weighted by Gasteiger charge is -2.31. The molecule has 0 radical (unpaired) electrons. The molecule has 1 rings (SSSR count). The zero-order chi connectivity index (χ0) is 14.5. The molecule has 1 fully saturated rings. The predicted octanol–water partition coefficient (Wildman–Crippen LogP) is 3.10. The summed E-state index contributed by atoms with van der Waals surface area (Å²) < 4.78 is 0. The highest BCUT2D eigenvalue weighted by molar-refractivity contribution is 5.96. The van der Waals surface area contributed by atoms with Crippen LogP contribution in [0.2, 0.25) is 0 Å². The van der Waals surface area contributed by atoms with Crippen LogP contribution in [0.25, 0.3) is 0 Å². The van der Waals surface area contributed by atoms with E-state index in [2.05, 4.69) is 18.5 Å². The van der Waals surface area contributed by atoms with E-state index in [0.717, 1.165) is 37.1 Å². The Bertz CT molecular complexity index is 406. The van der Waals surface area contributed by atoms with E-state index in [-0.39, 0.29) is 12.1 Å². The Balaban J connectivity index is 3.27. The highest BCUT2D eigenvalue weighted by atomic mass is 16.3. The molecule has 0 heterocycles. The van der Waals surface area contributed by atoms with E-state index in [1.807, 2.05) is 11.8 Å². The first-order chi connectivity index (χ1) is 9.06. The highest BCUT2D eigenvalue weighted by Gasteiger charge is 2.48. The second-order valence-electron chi connectivity index (χ2n) is 5.00. The predicted molar refractivity (Wildman–Crippen MR) is 80.6 cm³/mol. The molecule has 0 spiro atoms. The molecular formula is C15H25N3O. The van der Waals surface area contributed by atoms with Crippen LogP contribution in [0.4, 0.5) is 0 Å². The van der Waals surface area contributed by atoms with Gasteiger partial charge in [-0.2, -0.15) is 0 Å². The average molecular weight is 263 g/mol. The van der Waals surface area contributed by atoms with Crippen molar-refractivity contribution in [1.29, 1.82) is 5.41 Å². The zero-order valence-electron chi connectivity index (χ0n) is 12.2. The Morgan fingerprint density at radius 3 is 2.47 bits per heavy atom. The molecule has 106 valence electrons. The number of aliphatic hydroxyl groups excluding tert-OH is 1. The first-order valence-electron chi connectivity index (χ1n) is 6.86. The van der Waals surface area contributed by atoms with E-state index < -0.39 is 0 Å². The summed E-state index contributed by atoms with van der Waals surface area (Å²) in [7, 11) is 0. The van der Waals surface area contributed by atoms with Gasteiger partial charge >= 0.3 is 0 Å². The van der Waals surface area contributed by atoms with Crippen molar-refractivity contribution >= 4 is 11.9 Å². The third kappa shape index (κ3) is 3.32. The average Bonchev–Trinajstić information content (AvgIpc) is 3.17. The molecule has 0 unspecified atom stereocenters. The quantitative estimate of drug-likeness (QED) is 0.661. The van der Waals surface area contributed by atoms with E-state index in [9.17, 15) is 5.11 Å². The molecule has 0 amide bonds. The van der Waals surface area contributed by atoms with E-state index in [4.69, 9.17) is 5.41 Å². The fraction of sp³-hybridized carbons (Fsp3) is 0.600. The molecule has 0 aromatic carbocycles. The molecule has 0 aromatic heterocycles. The lowest BCUT2D eigenvalue weighted by Crippen LogP contribution is -2.36. The molecule has 19 heavy (non-hydrogen) atoms. The van der Waals surface area contributed by atoms with Gasteiger partial charge in [0, 0.05) is 17.5 Å². The van der Waals surface area contributed by atoms with Crippen LogP contribution >= 0.6 is 0 Å². The van der Waals surface area contributed by atoms with Crippen LogP contribution in [-0.4, -0.2) is 34.1 Å². The molecule has 0 saturated heterocycles. The maximum atomic E-state index is 9.61. The van der Waals surface area contributed by atoms with Crippen molar-refractivity contribution in [1.82, 2.24) is 4.90 Å². The minimum absolute atomic E-state index is 0.0954. The number of hydrogen-bond acceptors (Lipinski definition) is 4. The van der Waals surface area contributed by atoms with Gasteiger partial charge in [-0.05, 0) is 39.3 Å². The van der Waals surface area contributed by atoms with Gasteiger partial charge in [0.25, 0.3) is 0 Å². The van der Waals surface area contributed by atoms with Crippen molar-refractivity contribution in [2.45, 2.75) is 52.0 Å². The van der Waals surface area contributed by atoms with Crippen LogP contribution in [-0.2, 0) is 0 Å². The molecule has 2 N–H and O–H groups in total. The number of rotatable bonds is 8. The Labute approximate surface area is 116 Å². The summed E-state index contributed by atoms with van der Waals surface area (Å²) in [6.07, 6.45) is 7.12. The van der Waals surface area contributed by atoms with Crippen LogP contribution in [0.5, 0.6) is 0 Å². The molecule has 0 atom stereocenters. The van der Waals surface area contributed by atoms with E-state index >= 15 is 0 Å². The van der Waals surface area contributed by atoms with Crippen LogP contribution in [0, 0.1) is 5.41 Å². The summed E-state index contributed by atoms with van der Waals surface area (Å²) in [6, 6.07) is 0. The number of nitrogens with zero attached hydrogens (tertiary/aromatic N) is 2. The molecule has 1 aliphatic rings. The third-order valence-corrected chi connectivity index (χ3v) is 3.52. The first kappa shape index (κ1) is 15.6. The molecule has 1 aliphatic carbocycles. The SMILES string of the molecule is C=CN(/C(N=CC)=C(\CCC)C(C)=N)C1(CO)CC1. The number of aliphatic imine (C=N–C) groups is 1. The number of allylic oxidation sites excluding steroid dienone is 1. The fourth-order valence-electron chi connectivity index (χ4n) is 2.25. The smallest absolute Gasteiger partial charge is 0.137 e. The fourth-order valence-corrected chi connectivity index (χ4v) is 2.25. The van der Waals surface area contributed by atoms with Crippen molar-refractivity contribution in [2.24, 2.45) is 4.99 Å². The number of hydrogen-bond donors (Lipinski definition) is 2. The van der Waals surface area contributed by atoms with Gasteiger partial charge in [0.15, 0.2) is 0 Å². The van der Waals surface area contributed by atoms with E-state index in [1.54, 1.807) is 19.3 Å². The maximum Gasteiger partial charge on any atom is 0.137 e. The Morgan fingerprint density at radius 2 is 2.16 bits per heavy atom. The summed E-state index contributed by atoms with van der Waals surface area (Å²) in [5.74, 6) is 0.762. The summed E-state index contributed by atoms with van der Waals surface area (Å²) in [6.45, 7) is 9.69. The summed E-state index contributed by atoms with van der Waals surface area (Å²) >= 11 is 0. The number of aliphatic hydroxyl groups is 1. The van der Waals surface area contributed by atoms with Gasteiger partial charge in [0.05, 0.1) is 12.1 Å². The maximum absolute atomic E-state index is 9.61. The minimum atomic E-state index is -0.252. The second-order valence-corrected chi connectivity index (χ2v) is 5.00. The molecule has 0 aromatic rings. The van der Waals surface area contributed by atoms with Gasteiger partial charge in [-0.15, -0.1) is 0 Å². The van der Waals surface area contributed by atoms with Crippen LogP contribution in [0.3, 0.4) is 0 Å². The Morgan fingerprint density at radius 1 is 1.53 bits per heavy atom. The lowest BCUT2D eigenvalue weighted by atomic mass is 10.1. The monoisotopic (exact) mass is 263 g/mol. The summed E-state index contributed by atoms with van der Waals surface area (Å²) in [5.41, 5.74) is 1.21. The molecule has 1 saturated carbocycles. The molecular weight excluding hydrogens is 238 g/mol. The van der Waals surface area contributed by atoms with Crippen molar-refractivity contribution in [2.75, 3.05) is 6.61 Å². The number of nitrogens with one attached hydrogen (secondary N) is 1. The van der Waals surface area contributed by atoms with Gasteiger partial charge in [-0.3, -0.25) is 0 Å². The van der Waals surface area contributed by atoms with Gasteiger partial charge < -0.3 is 15.4 Å². The molecule has 0 aliphatic heterocycles. The third-order valence-electron chi connectivity index (χ3n) is 3.52. The van der Waals surface area contributed by atoms with Gasteiger partial charge in [-0.1, -0.05) is 19.9 Å². The van der Waals surface area contributed by atoms with Gasteiger partial charge in [0.2, 0.25) is 0 Å². The zero-order valence-corrected chi connectivity index (χ0v) is 12.2. The lowest BCUT2D eigenvalue weighted by molar-refractivity contribution is 0.170. The Hall–Kier alpha value is -1.42. The first-order valence-corrected chi connectivity index (χ1v) is 6.86. The van der Waals surface area contributed by atoms with Crippen LogP contribution in [0.15, 0.2) is 29.2 Å². The van der Waals surface area contributed by atoms with Crippen molar-refractivity contribution in [3.8, 4) is 0 Å².